The monoisotopic (exact) mass is 409 g/mol. The maximum Gasteiger partial charge on any atom is 0.397 e. The van der Waals surface area contributed by atoms with Crippen molar-refractivity contribution < 1.29 is 17.2 Å². The molecule has 0 spiro atoms. The molecular formula is C21H47NO4S. The Kier molecular flexibility index (Phi) is 25.7. The summed E-state index contributed by atoms with van der Waals surface area (Å²) >= 11 is 0. The Balaban J connectivity index is 0. The molecule has 0 aromatic heterocycles. The Labute approximate surface area is 169 Å². The summed E-state index contributed by atoms with van der Waals surface area (Å²) in [6.45, 7) is 5.42. The summed E-state index contributed by atoms with van der Waals surface area (Å²) < 4.78 is 33.1. The number of hydrogen-bond donors (Lipinski definition) is 2. The third-order valence-electron chi connectivity index (χ3n) is 4.54. The van der Waals surface area contributed by atoms with Gasteiger partial charge < -0.3 is 5.73 Å². The second-order valence-electron chi connectivity index (χ2n) is 7.34. The van der Waals surface area contributed by atoms with Gasteiger partial charge in [0, 0.05) is 0 Å². The van der Waals surface area contributed by atoms with Crippen LogP contribution in [0.2, 0.25) is 0 Å². The van der Waals surface area contributed by atoms with E-state index in [0.29, 0.717) is 6.42 Å². The molecule has 0 heterocycles. The van der Waals surface area contributed by atoms with Crippen LogP contribution in [0.3, 0.4) is 0 Å². The van der Waals surface area contributed by atoms with Gasteiger partial charge in [-0.15, -0.1) is 0 Å². The summed E-state index contributed by atoms with van der Waals surface area (Å²) in [6, 6.07) is 0. The Hall–Kier alpha value is -0.170. The molecule has 166 valence electrons. The summed E-state index contributed by atoms with van der Waals surface area (Å²) in [5, 5.41) is 0. The van der Waals surface area contributed by atoms with E-state index in [1.165, 1.54) is 89.9 Å². The van der Waals surface area contributed by atoms with Gasteiger partial charge in [0.1, 0.15) is 0 Å². The predicted molar refractivity (Wildman–Crippen MR) is 116 cm³/mol. The fraction of sp³-hybridized carbons (Fsp3) is 1.00. The lowest BCUT2D eigenvalue weighted by Crippen LogP contribution is -2.04. The van der Waals surface area contributed by atoms with Crippen molar-refractivity contribution in [1.29, 1.82) is 0 Å². The second-order valence-corrected chi connectivity index (χ2v) is 8.43. The minimum absolute atomic E-state index is 0.0935. The van der Waals surface area contributed by atoms with Crippen molar-refractivity contribution in [3.8, 4) is 0 Å². The Bertz CT molecular complexity index is 355. The van der Waals surface area contributed by atoms with E-state index < -0.39 is 10.4 Å². The molecule has 5 nitrogen and oxygen atoms in total. The van der Waals surface area contributed by atoms with Crippen LogP contribution in [0.1, 0.15) is 123 Å². The first-order valence-corrected chi connectivity index (χ1v) is 12.7. The second kappa shape index (κ2) is 23.9. The Morgan fingerprint density at radius 1 is 0.630 bits per heavy atom. The molecule has 0 aliphatic carbocycles. The number of hydrogen-bond acceptors (Lipinski definition) is 4. The fourth-order valence-corrected chi connectivity index (χ4v) is 3.18. The molecule has 27 heavy (non-hydrogen) atoms. The standard InChI is InChI=1S/C14H30O4S.C7H17N/c1-2-3-4-5-6-7-8-9-10-11-12-13-14-18-19(15,16)17;1-2-3-4-5-6-7-8/h2-14H2,1H3,(H,15,16,17);2-8H2,1H3. The molecule has 0 aliphatic rings. The average Bonchev–Trinajstić information content (AvgIpc) is 2.62. The van der Waals surface area contributed by atoms with Gasteiger partial charge in [0.15, 0.2) is 0 Å². The zero-order valence-electron chi connectivity index (χ0n) is 18.1. The van der Waals surface area contributed by atoms with E-state index in [4.69, 9.17) is 10.3 Å². The first-order chi connectivity index (χ1) is 13.0. The summed E-state index contributed by atoms with van der Waals surface area (Å²) in [7, 11) is -4.24. The highest BCUT2D eigenvalue weighted by Crippen LogP contribution is 2.12. The summed E-state index contributed by atoms with van der Waals surface area (Å²) in [5.41, 5.74) is 5.31. The minimum Gasteiger partial charge on any atom is -0.330 e. The van der Waals surface area contributed by atoms with E-state index in [1.807, 2.05) is 0 Å². The molecule has 0 rings (SSSR count). The van der Waals surface area contributed by atoms with Gasteiger partial charge in [0.25, 0.3) is 0 Å². The molecule has 0 saturated carbocycles. The van der Waals surface area contributed by atoms with Gasteiger partial charge in [-0.05, 0) is 19.4 Å². The molecule has 0 aliphatic heterocycles. The van der Waals surface area contributed by atoms with Gasteiger partial charge in [-0.3, -0.25) is 4.55 Å². The Morgan fingerprint density at radius 2 is 0.963 bits per heavy atom. The molecule has 0 fully saturated rings. The fourth-order valence-electron chi connectivity index (χ4n) is 2.86. The molecule has 0 bridgehead atoms. The largest absolute Gasteiger partial charge is 0.397 e. The van der Waals surface area contributed by atoms with E-state index in [1.54, 1.807) is 0 Å². The van der Waals surface area contributed by atoms with Gasteiger partial charge in [-0.1, -0.05) is 110 Å². The van der Waals surface area contributed by atoms with E-state index in [-0.39, 0.29) is 6.61 Å². The van der Waals surface area contributed by atoms with Crippen LogP contribution >= 0.6 is 0 Å². The third-order valence-corrected chi connectivity index (χ3v) is 5.00. The van der Waals surface area contributed by atoms with Crippen molar-refractivity contribution in [3.05, 3.63) is 0 Å². The highest BCUT2D eigenvalue weighted by Gasteiger charge is 2.02. The lowest BCUT2D eigenvalue weighted by atomic mass is 10.1. The van der Waals surface area contributed by atoms with Crippen LogP contribution in [0.25, 0.3) is 0 Å². The lowest BCUT2D eigenvalue weighted by Gasteiger charge is -2.02. The van der Waals surface area contributed by atoms with E-state index in [9.17, 15) is 8.42 Å². The topological polar surface area (TPSA) is 89.6 Å². The molecule has 3 N–H and O–H groups in total. The first-order valence-electron chi connectivity index (χ1n) is 11.3. The van der Waals surface area contributed by atoms with Crippen LogP contribution in [0, 0.1) is 0 Å². The molecule has 0 atom stereocenters. The molecule has 0 aromatic carbocycles. The minimum atomic E-state index is -4.24. The maximum atomic E-state index is 10.3. The van der Waals surface area contributed by atoms with Gasteiger partial charge in [0.05, 0.1) is 6.61 Å². The zero-order valence-corrected chi connectivity index (χ0v) is 18.9. The van der Waals surface area contributed by atoms with Crippen LogP contribution in [0.5, 0.6) is 0 Å². The van der Waals surface area contributed by atoms with Crippen LogP contribution < -0.4 is 5.73 Å². The van der Waals surface area contributed by atoms with Crippen LogP contribution in [-0.2, 0) is 14.6 Å². The number of nitrogens with two attached hydrogens (primary N) is 1. The van der Waals surface area contributed by atoms with Crippen LogP contribution in [0.4, 0.5) is 0 Å². The lowest BCUT2D eigenvalue weighted by molar-refractivity contribution is 0.261. The highest BCUT2D eigenvalue weighted by atomic mass is 32.3. The molecule has 6 heteroatoms. The SMILES string of the molecule is CCCCCCCCCCCCCCOS(=O)(=O)O.CCCCCCCN. The first kappa shape index (κ1) is 29.0. The van der Waals surface area contributed by atoms with E-state index >= 15 is 0 Å². The van der Waals surface area contributed by atoms with Crippen molar-refractivity contribution in [3.63, 3.8) is 0 Å². The highest BCUT2D eigenvalue weighted by molar-refractivity contribution is 7.80. The van der Waals surface area contributed by atoms with E-state index in [2.05, 4.69) is 18.0 Å². The van der Waals surface area contributed by atoms with Crippen molar-refractivity contribution in [2.24, 2.45) is 5.73 Å². The number of rotatable bonds is 19. The van der Waals surface area contributed by atoms with Crippen molar-refractivity contribution >= 4 is 10.4 Å². The average molecular weight is 410 g/mol. The molecule has 0 amide bonds. The van der Waals surface area contributed by atoms with Crippen LogP contribution in [0.15, 0.2) is 0 Å². The quantitative estimate of drug-likeness (QED) is 0.190. The van der Waals surface area contributed by atoms with Gasteiger partial charge in [0.2, 0.25) is 0 Å². The van der Waals surface area contributed by atoms with Gasteiger partial charge in [-0.2, -0.15) is 8.42 Å². The molecular weight excluding hydrogens is 362 g/mol. The van der Waals surface area contributed by atoms with Gasteiger partial charge >= 0.3 is 10.4 Å². The normalized spacial score (nSPS) is 11.3. The molecule has 0 unspecified atom stereocenters. The summed E-state index contributed by atoms with van der Waals surface area (Å²) in [6.07, 6.45) is 21.3. The summed E-state index contributed by atoms with van der Waals surface area (Å²) in [5.74, 6) is 0. The van der Waals surface area contributed by atoms with E-state index in [0.717, 1.165) is 19.4 Å². The Morgan fingerprint density at radius 3 is 1.30 bits per heavy atom. The van der Waals surface area contributed by atoms with Gasteiger partial charge in [-0.25, -0.2) is 4.18 Å². The predicted octanol–water partition coefficient (Wildman–Crippen LogP) is 6.42. The molecule has 0 aromatic rings. The smallest absolute Gasteiger partial charge is 0.330 e. The number of unbranched alkanes of at least 4 members (excludes halogenated alkanes) is 15. The molecule has 0 saturated heterocycles. The van der Waals surface area contributed by atoms with Crippen LogP contribution in [-0.4, -0.2) is 26.1 Å². The molecule has 0 radical (unpaired) electrons. The zero-order chi connectivity index (χ0) is 20.6. The van der Waals surface area contributed by atoms with Crippen molar-refractivity contribution in [2.45, 2.75) is 123 Å². The summed E-state index contributed by atoms with van der Waals surface area (Å²) in [4.78, 5) is 0. The van der Waals surface area contributed by atoms with Crippen molar-refractivity contribution in [2.75, 3.05) is 13.2 Å². The third kappa shape index (κ3) is 33.8. The maximum absolute atomic E-state index is 10.3. The van der Waals surface area contributed by atoms with Crippen molar-refractivity contribution in [1.82, 2.24) is 0 Å².